The number of azo groups is 2. The van der Waals surface area contributed by atoms with E-state index in [1.807, 2.05) is 60.7 Å². The number of carbonyl (C=O) groups is 2. The Kier molecular flexibility index (Phi) is 10.5. The van der Waals surface area contributed by atoms with Gasteiger partial charge in [0, 0.05) is 35.7 Å². The minimum atomic E-state index is -0.0740. The van der Waals surface area contributed by atoms with Gasteiger partial charge < -0.3 is 10.6 Å². The molecule has 2 amide bonds. The van der Waals surface area contributed by atoms with Crippen molar-refractivity contribution in [3.05, 3.63) is 109 Å². The zero-order chi connectivity index (χ0) is 27.1. The second-order valence-corrected chi connectivity index (χ2v) is 9.60. The third-order valence-corrected chi connectivity index (χ3v) is 6.31. The number of benzene rings is 4. The highest BCUT2D eigenvalue weighted by atomic mass is 32.2. The molecule has 4 aromatic carbocycles. The van der Waals surface area contributed by atoms with Crippen LogP contribution >= 0.6 is 11.8 Å². The topological polar surface area (TPSA) is 108 Å². The Morgan fingerprint density at radius 2 is 0.821 bits per heavy atom. The van der Waals surface area contributed by atoms with Crippen molar-refractivity contribution < 1.29 is 9.59 Å². The van der Waals surface area contributed by atoms with Gasteiger partial charge in [-0.05, 0) is 72.8 Å². The summed E-state index contributed by atoms with van der Waals surface area (Å²) in [5.41, 5.74) is 4.37. The summed E-state index contributed by atoms with van der Waals surface area (Å²) >= 11 is 1.57. The summed E-state index contributed by atoms with van der Waals surface area (Å²) in [6, 6.07) is 33.4. The number of thioether (sulfide) groups is 1. The first-order valence-electron chi connectivity index (χ1n) is 12.5. The number of rotatable bonds is 12. The van der Waals surface area contributed by atoms with E-state index >= 15 is 0 Å². The van der Waals surface area contributed by atoms with Gasteiger partial charge in [-0.2, -0.15) is 32.2 Å². The summed E-state index contributed by atoms with van der Waals surface area (Å²) in [5.74, 6) is 1.11. The predicted molar refractivity (Wildman–Crippen MR) is 158 cm³/mol. The molecule has 0 saturated heterocycles. The summed E-state index contributed by atoms with van der Waals surface area (Å²) in [7, 11) is 0. The number of amides is 2. The normalized spacial score (nSPS) is 11.1. The van der Waals surface area contributed by atoms with Crippen LogP contribution in [0.25, 0.3) is 0 Å². The Bertz CT molecular complexity index is 1280. The van der Waals surface area contributed by atoms with E-state index in [-0.39, 0.29) is 11.8 Å². The maximum Gasteiger partial charge on any atom is 0.225 e. The maximum absolute atomic E-state index is 12.2. The van der Waals surface area contributed by atoms with Crippen LogP contribution in [-0.4, -0.2) is 23.3 Å². The summed E-state index contributed by atoms with van der Waals surface area (Å²) in [6.07, 6.45) is 0.724. The molecule has 0 aliphatic heterocycles. The molecule has 2 N–H and O–H groups in total. The van der Waals surface area contributed by atoms with E-state index in [9.17, 15) is 9.59 Å². The summed E-state index contributed by atoms with van der Waals surface area (Å²) in [4.78, 5) is 24.5. The lowest BCUT2D eigenvalue weighted by Gasteiger charge is -2.06. The average molecular weight is 537 g/mol. The molecular weight excluding hydrogens is 508 g/mol. The molecule has 39 heavy (non-hydrogen) atoms. The molecule has 4 rings (SSSR count). The molecule has 0 aliphatic carbocycles. The van der Waals surface area contributed by atoms with Crippen LogP contribution in [0.2, 0.25) is 0 Å². The highest BCUT2D eigenvalue weighted by Crippen LogP contribution is 2.21. The third kappa shape index (κ3) is 9.98. The summed E-state index contributed by atoms with van der Waals surface area (Å²) in [6.45, 7) is 0. The second kappa shape index (κ2) is 14.9. The lowest BCUT2D eigenvalue weighted by Crippen LogP contribution is -2.13. The zero-order valence-electron chi connectivity index (χ0n) is 21.2. The first-order valence-corrected chi connectivity index (χ1v) is 13.6. The molecule has 0 spiro atoms. The molecule has 0 heterocycles. The van der Waals surface area contributed by atoms with Gasteiger partial charge in [0.05, 0.1) is 22.7 Å². The van der Waals surface area contributed by atoms with E-state index in [1.54, 1.807) is 60.3 Å². The molecule has 0 bridgehead atoms. The lowest BCUT2D eigenvalue weighted by atomic mass is 10.3. The van der Waals surface area contributed by atoms with Crippen LogP contribution in [0, 0.1) is 0 Å². The van der Waals surface area contributed by atoms with Gasteiger partial charge in [-0.3, -0.25) is 9.59 Å². The number of hydrogen-bond donors (Lipinski definition) is 2. The molecule has 0 atom stereocenters. The summed E-state index contributed by atoms with van der Waals surface area (Å²) in [5, 5.41) is 22.5. The van der Waals surface area contributed by atoms with Crippen molar-refractivity contribution in [3.8, 4) is 0 Å². The molecule has 0 fully saturated rings. The molecule has 0 saturated carbocycles. The Morgan fingerprint density at radius 3 is 1.18 bits per heavy atom. The maximum atomic E-state index is 12.2. The van der Waals surface area contributed by atoms with Crippen LogP contribution in [-0.2, 0) is 9.59 Å². The number of hydrogen-bond acceptors (Lipinski definition) is 7. The quantitative estimate of drug-likeness (QED) is 0.140. The van der Waals surface area contributed by atoms with E-state index < -0.39 is 0 Å². The Morgan fingerprint density at radius 1 is 0.487 bits per heavy atom. The van der Waals surface area contributed by atoms with Crippen LogP contribution in [0.1, 0.15) is 12.8 Å². The smallest absolute Gasteiger partial charge is 0.225 e. The van der Waals surface area contributed by atoms with Crippen molar-refractivity contribution in [2.75, 3.05) is 22.1 Å². The molecule has 8 nitrogen and oxygen atoms in total. The standard InChI is InChI=1S/C30H28N6O2S/c37-29(31-23-11-15-27(16-12-23)35-33-25-7-3-1-4-8-25)19-21-39-22-20-30(38)32-24-13-17-28(18-14-24)36-34-26-9-5-2-6-10-26/h1-18H,19-22H2,(H,31,37)(H,32,38). The van der Waals surface area contributed by atoms with E-state index in [2.05, 4.69) is 31.1 Å². The Labute approximate surface area is 231 Å². The van der Waals surface area contributed by atoms with E-state index in [1.165, 1.54) is 0 Å². The molecule has 0 aliphatic rings. The molecule has 196 valence electrons. The monoisotopic (exact) mass is 536 g/mol. The molecular formula is C30H28N6O2S. The minimum Gasteiger partial charge on any atom is -0.326 e. The van der Waals surface area contributed by atoms with Crippen LogP contribution in [0.3, 0.4) is 0 Å². The first kappa shape index (κ1) is 27.4. The molecule has 0 aromatic heterocycles. The second-order valence-electron chi connectivity index (χ2n) is 8.37. The average Bonchev–Trinajstić information content (AvgIpc) is 2.97. The van der Waals surface area contributed by atoms with Crippen molar-refractivity contribution in [1.82, 2.24) is 0 Å². The highest BCUT2D eigenvalue weighted by Gasteiger charge is 2.06. The van der Waals surface area contributed by atoms with Crippen molar-refractivity contribution in [2.24, 2.45) is 20.5 Å². The Hall–Kier alpha value is -4.63. The van der Waals surface area contributed by atoms with Crippen LogP contribution in [0.5, 0.6) is 0 Å². The largest absolute Gasteiger partial charge is 0.326 e. The fourth-order valence-electron chi connectivity index (χ4n) is 3.32. The zero-order valence-corrected chi connectivity index (χ0v) is 22.1. The predicted octanol–water partition coefficient (Wildman–Crippen LogP) is 8.61. The van der Waals surface area contributed by atoms with Gasteiger partial charge >= 0.3 is 0 Å². The minimum absolute atomic E-state index is 0.0740. The molecule has 0 unspecified atom stereocenters. The van der Waals surface area contributed by atoms with Gasteiger partial charge in [0.1, 0.15) is 0 Å². The van der Waals surface area contributed by atoms with Crippen LogP contribution in [0.4, 0.5) is 34.1 Å². The number of nitrogens with zero attached hydrogens (tertiary/aromatic N) is 4. The van der Waals surface area contributed by atoms with Crippen molar-refractivity contribution >= 4 is 57.7 Å². The van der Waals surface area contributed by atoms with E-state index in [4.69, 9.17) is 0 Å². The van der Waals surface area contributed by atoms with Crippen molar-refractivity contribution in [1.29, 1.82) is 0 Å². The van der Waals surface area contributed by atoms with Gasteiger partial charge in [0.15, 0.2) is 0 Å². The number of nitrogens with one attached hydrogen (secondary N) is 2. The number of carbonyl (C=O) groups excluding carboxylic acids is 2. The van der Waals surface area contributed by atoms with Gasteiger partial charge in [0.2, 0.25) is 11.8 Å². The highest BCUT2D eigenvalue weighted by molar-refractivity contribution is 7.99. The van der Waals surface area contributed by atoms with E-state index in [0.717, 1.165) is 11.4 Å². The third-order valence-electron chi connectivity index (χ3n) is 5.32. The van der Waals surface area contributed by atoms with Crippen LogP contribution in [0.15, 0.2) is 130 Å². The SMILES string of the molecule is O=C(CCSCCC(=O)Nc1ccc(N=Nc2ccccc2)cc1)Nc1ccc(N=Nc2ccccc2)cc1. The Balaban J connectivity index is 1.09. The molecule has 0 radical (unpaired) electrons. The van der Waals surface area contributed by atoms with Gasteiger partial charge in [-0.15, -0.1) is 0 Å². The van der Waals surface area contributed by atoms with E-state index in [0.29, 0.717) is 47.1 Å². The van der Waals surface area contributed by atoms with Crippen molar-refractivity contribution in [2.45, 2.75) is 12.8 Å². The number of anilines is 2. The van der Waals surface area contributed by atoms with Gasteiger partial charge in [0.25, 0.3) is 0 Å². The molecule has 4 aromatic rings. The van der Waals surface area contributed by atoms with Crippen LogP contribution < -0.4 is 10.6 Å². The first-order chi connectivity index (χ1) is 19.1. The molecule has 9 heteroatoms. The fraction of sp³-hybridized carbons (Fsp3) is 0.133. The summed E-state index contributed by atoms with van der Waals surface area (Å²) < 4.78 is 0. The fourth-order valence-corrected chi connectivity index (χ4v) is 4.19. The van der Waals surface area contributed by atoms with Crippen molar-refractivity contribution in [3.63, 3.8) is 0 Å². The van der Waals surface area contributed by atoms with Gasteiger partial charge in [-0.1, -0.05) is 36.4 Å². The lowest BCUT2D eigenvalue weighted by molar-refractivity contribution is -0.116. The van der Waals surface area contributed by atoms with Gasteiger partial charge in [-0.25, -0.2) is 0 Å².